The molecule has 1 aliphatic heterocycles. The molecule has 1 fully saturated rings. The molecule has 20 heavy (non-hydrogen) atoms. The van der Waals surface area contributed by atoms with Crippen LogP contribution in [-0.2, 0) is 4.79 Å². The summed E-state index contributed by atoms with van der Waals surface area (Å²) in [5.41, 5.74) is 0. The van der Waals surface area contributed by atoms with E-state index in [-0.39, 0.29) is 11.9 Å². The zero-order valence-corrected chi connectivity index (χ0v) is 12.9. The van der Waals surface area contributed by atoms with Crippen LogP contribution in [0.5, 0.6) is 5.75 Å². The van der Waals surface area contributed by atoms with Gasteiger partial charge in [0.25, 0.3) is 0 Å². The smallest absolute Gasteiger partial charge is 0.226 e. The van der Waals surface area contributed by atoms with E-state index in [0.717, 1.165) is 19.6 Å². The van der Waals surface area contributed by atoms with Gasteiger partial charge in [-0.1, -0.05) is 23.2 Å². The van der Waals surface area contributed by atoms with Gasteiger partial charge in [0.1, 0.15) is 5.75 Å². The first-order valence-electron chi connectivity index (χ1n) is 6.66. The number of rotatable bonds is 4. The van der Waals surface area contributed by atoms with Crippen molar-refractivity contribution in [1.82, 2.24) is 10.2 Å². The average Bonchev–Trinajstić information content (AvgIpc) is 2.43. The maximum absolute atomic E-state index is 12.1. The molecule has 2 rings (SSSR count). The number of hydrogen-bond acceptors (Lipinski definition) is 3. The Morgan fingerprint density at radius 2 is 2.25 bits per heavy atom. The highest BCUT2D eigenvalue weighted by Gasteiger charge is 2.22. The molecule has 1 aliphatic rings. The van der Waals surface area contributed by atoms with Crippen LogP contribution in [-0.4, -0.2) is 43.1 Å². The van der Waals surface area contributed by atoms with E-state index in [4.69, 9.17) is 27.9 Å². The number of carbonyl (C=O) groups is 1. The predicted molar refractivity (Wildman–Crippen MR) is 80.6 cm³/mol. The van der Waals surface area contributed by atoms with Gasteiger partial charge in [0.2, 0.25) is 5.91 Å². The largest absolute Gasteiger partial charge is 0.493 e. The van der Waals surface area contributed by atoms with E-state index in [2.05, 4.69) is 5.32 Å². The van der Waals surface area contributed by atoms with Gasteiger partial charge in [0.05, 0.1) is 23.1 Å². The first-order valence-corrected chi connectivity index (χ1v) is 7.41. The Morgan fingerprint density at radius 3 is 2.95 bits per heavy atom. The van der Waals surface area contributed by atoms with Crippen LogP contribution in [0.1, 0.15) is 13.3 Å². The lowest BCUT2D eigenvalue weighted by Gasteiger charge is -2.34. The van der Waals surface area contributed by atoms with Crippen molar-refractivity contribution in [2.45, 2.75) is 19.4 Å². The van der Waals surface area contributed by atoms with Crippen molar-refractivity contribution in [2.24, 2.45) is 0 Å². The fourth-order valence-electron chi connectivity index (χ4n) is 2.18. The summed E-state index contributed by atoms with van der Waals surface area (Å²) in [5.74, 6) is 0.750. The van der Waals surface area contributed by atoms with Gasteiger partial charge in [-0.25, -0.2) is 0 Å². The molecule has 1 amide bonds. The monoisotopic (exact) mass is 316 g/mol. The van der Waals surface area contributed by atoms with E-state index >= 15 is 0 Å². The average molecular weight is 317 g/mol. The van der Waals surface area contributed by atoms with Crippen LogP contribution < -0.4 is 10.1 Å². The number of hydrogen-bond donors (Lipinski definition) is 1. The fourth-order valence-corrected chi connectivity index (χ4v) is 2.47. The van der Waals surface area contributed by atoms with Gasteiger partial charge in [-0.3, -0.25) is 4.79 Å². The molecule has 1 aromatic rings. The Hall–Kier alpha value is -0.970. The van der Waals surface area contributed by atoms with Crippen molar-refractivity contribution in [2.75, 3.05) is 26.2 Å². The summed E-state index contributed by atoms with van der Waals surface area (Å²) in [6.07, 6.45) is 0.366. The van der Waals surface area contributed by atoms with Crippen molar-refractivity contribution < 1.29 is 9.53 Å². The summed E-state index contributed by atoms with van der Waals surface area (Å²) in [4.78, 5) is 14.0. The Morgan fingerprint density at radius 1 is 1.45 bits per heavy atom. The first-order chi connectivity index (χ1) is 9.58. The number of piperazine rings is 1. The molecule has 6 heteroatoms. The number of benzene rings is 1. The minimum atomic E-state index is 0.124. The van der Waals surface area contributed by atoms with Gasteiger partial charge in [-0.15, -0.1) is 0 Å². The molecule has 1 atom stereocenters. The lowest BCUT2D eigenvalue weighted by molar-refractivity contribution is -0.134. The predicted octanol–water partition coefficient (Wildman–Crippen LogP) is 2.58. The maximum Gasteiger partial charge on any atom is 0.226 e. The number of ether oxygens (including phenoxy) is 1. The van der Waals surface area contributed by atoms with E-state index in [9.17, 15) is 4.79 Å². The zero-order chi connectivity index (χ0) is 14.5. The summed E-state index contributed by atoms with van der Waals surface area (Å²) in [7, 11) is 0. The minimum absolute atomic E-state index is 0.124. The van der Waals surface area contributed by atoms with E-state index in [1.54, 1.807) is 18.2 Å². The highest BCUT2D eigenvalue weighted by atomic mass is 35.5. The van der Waals surface area contributed by atoms with E-state index in [1.807, 2.05) is 11.8 Å². The summed E-state index contributed by atoms with van der Waals surface area (Å²) in [5, 5.41) is 4.20. The molecular formula is C14H18Cl2N2O2. The topological polar surface area (TPSA) is 41.6 Å². The third kappa shape index (κ3) is 4.01. The Kier molecular flexibility index (Phi) is 5.52. The van der Waals surface area contributed by atoms with Gasteiger partial charge < -0.3 is 15.0 Å². The summed E-state index contributed by atoms with van der Waals surface area (Å²) in [6.45, 7) is 4.84. The van der Waals surface area contributed by atoms with Crippen LogP contribution in [0.15, 0.2) is 18.2 Å². The molecule has 4 nitrogen and oxygen atoms in total. The van der Waals surface area contributed by atoms with Crippen molar-refractivity contribution in [3.8, 4) is 5.75 Å². The second kappa shape index (κ2) is 7.16. The van der Waals surface area contributed by atoms with Crippen LogP contribution in [0.3, 0.4) is 0 Å². The van der Waals surface area contributed by atoms with Crippen molar-refractivity contribution in [3.63, 3.8) is 0 Å². The standard InChI is InChI=1S/C14H18Cl2N2O2/c1-10-9-17-5-6-18(10)14(19)4-7-20-11-2-3-12(15)13(16)8-11/h2-3,8,10,17H,4-7,9H2,1H3/t10-/m0/s1. The molecule has 1 N–H and O–H groups in total. The highest BCUT2D eigenvalue weighted by molar-refractivity contribution is 6.42. The van der Waals surface area contributed by atoms with Crippen LogP contribution in [0.25, 0.3) is 0 Å². The molecule has 0 aromatic heterocycles. The van der Waals surface area contributed by atoms with Gasteiger partial charge in [0, 0.05) is 31.7 Å². The van der Waals surface area contributed by atoms with Gasteiger partial charge in [-0.05, 0) is 19.1 Å². The Labute approximate surface area is 129 Å². The lowest BCUT2D eigenvalue weighted by atomic mass is 10.2. The Bertz CT molecular complexity index is 482. The van der Waals surface area contributed by atoms with Crippen LogP contribution in [0.2, 0.25) is 10.0 Å². The van der Waals surface area contributed by atoms with Gasteiger partial charge >= 0.3 is 0 Å². The summed E-state index contributed by atoms with van der Waals surface area (Å²) in [6, 6.07) is 5.31. The molecular weight excluding hydrogens is 299 g/mol. The maximum atomic E-state index is 12.1. The van der Waals surface area contributed by atoms with E-state index < -0.39 is 0 Å². The second-order valence-electron chi connectivity index (χ2n) is 4.81. The number of carbonyl (C=O) groups excluding carboxylic acids is 1. The third-order valence-electron chi connectivity index (χ3n) is 3.30. The fraction of sp³-hybridized carbons (Fsp3) is 0.500. The molecule has 1 saturated heterocycles. The summed E-state index contributed by atoms with van der Waals surface area (Å²) < 4.78 is 5.53. The SMILES string of the molecule is C[C@H]1CNCCN1C(=O)CCOc1ccc(Cl)c(Cl)c1. The zero-order valence-electron chi connectivity index (χ0n) is 11.4. The summed E-state index contributed by atoms with van der Waals surface area (Å²) >= 11 is 11.7. The molecule has 0 radical (unpaired) electrons. The number of amides is 1. The number of halogens is 2. The van der Waals surface area contributed by atoms with Crippen molar-refractivity contribution >= 4 is 29.1 Å². The van der Waals surface area contributed by atoms with Crippen LogP contribution >= 0.6 is 23.2 Å². The minimum Gasteiger partial charge on any atom is -0.493 e. The molecule has 0 unspecified atom stereocenters. The van der Waals surface area contributed by atoms with E-state index in [1.165, 1.54) is 0 Å². The highest BCUT2D eigenvalue weighted by Crippen LogP contribution is 2.26. The molecule has 1 heterocycles. The van der Waals surface area contributed by atoms with Crippen molar-refractivity contribution in [1.29, 1.82) is 0 Å². The molecule has 0 bridgehead atoms. The first kappa shape index (κ1) is 15.4. The lowest BCUT2D eigenvalue weighted by Crippen LogP contribution is -2.52. The molecule has 0 aliphatic carbocycles. The molecule has 0 spiro atoms. The van der Waals surface area contributed by atoms with E-state index in [0.29, 0.717) is 28.8 Å². The molecule has 110 valence electrons. The number of nitrogens with zero attached hydrogens (tertiary/aromatic N) is 1. The van der Waals surface area contributed by atoms with Gasteiger partial charge in [0.15, 0.2) is 0 Å². The number of nitrogens with one attached hydrogen (secondary N) is 1. The van der Waals surface area contributed by atoms with Gasteiger partial charge in [-0.2, -0.15) is 0 Å². The second-order valence-corrected chi connectivity index (χ2v) is 5.63. The molecule has 1 aromatic carbocycles. The van der Waals surface area contributed by atoms with Crippen LogP contribution in [0.4, 0.5) is 0 Å². The van der Waals surface area contributed by atoms with Crippen molar-refractivity contribution in [3.05, 3.63) is 28.2 Å². The normalized spacial score (nSPS) is 18.9. The molecule has 0 saturated carbocycles. The Balaban J connectivity index is 1.80. The van der Waals surface area contributed by atoms with Crippen LogP contribution in [0, 0.1) is 0 Å². The quantitative estimate of drug-likeness (QED) is 0.928. The third-order valence-corrected chi connectivity index (χ3v) is 4.04.